The summed E-state index contributed by atoms with van der Waals surface area (Å²) in [5.74, 6) is -1.34. The van der Waals surface area contributed by atoms with E-state index >= 15 is 0 Å². The second-order valence-electron chi connectivity index (χ2n) is 3.36. The van der Waals surface area contributed by atoms with E-state index in [-0.39, 0.29) is 6.10 Å². The highest BCUT2D eigenvalue weighted by atomic mass is 16.5. The quantitative estimate of drug-likeness (QED) is 0.435. The maximum atomic E-state index is 11.4. The van der Waals surface area contributed by atoms with Crippen molar-refractivity contribution in [3.8, 4) is 0 Å². The molecule has 0 spiro atoms. The summed E-state index contributed by atoms with van der Waals surface area (Å²) in [6.07, 6.45) is -0.257. The van der Waals surface area contributed by atoms with Gasteiger partial charge in [-0.15, -0.1) is 0 Å². The van der Waals surface area contributed by atoms with Crippen molar-refractivity contribution in [3.05, 3.63) is 0 Å². The van der Waals surface area contributed by atoms with Crippen LogP contribution in [0.4, 0.5) is 0 Å². The molecule has 14 heavy (non-hydrogen) atoms. The van der Waals surface area contributed by atoms with E-state index < -0.39 is 11.9 Å². The molecular formula is C9H15NO4. The lowest BCUT2D eigenvalue weighted by atomic mass is 10.4. The minimum Gasteiger partial charge on any atom is -0.456 e. The summed E-state index contributed by atoms with van der Waals surface area (Å²) >= 11 is 0. The lowest BCUT2D eigenvalue weighted by Crippen LogP contribution is -2.45. The van der Waals surface area contributed by atoms with Gasteiger partial charge in [0.2, 0.25) is 0 Å². The van der Waals surface area contributed by atoms with Crippen molar-refractivity contribution in [1.29, 1.82) is 0 Å². The minimum atomic E-state index is -0.776. The van der Waals surface area contributed by atoms with E-state index in [0.717, 1.165) is 0 Å². The van der Waals surface area contributed by atoms with Gasteiger partial charge in [-0.3, -0.25) is 4.79 Å². The highest BCUT2D eigenvalue weighted by molar-refractivity contribution is 6.32. The lowest BCUT2D eigenvalue weighted by molar-refractivity contribution is -0.164. The van der Waals surface area contributed by atoms with Crippen LogP contribution in [0.3, 0.4) is 0 Å². The van der Waals surface area contributed by atoms with Crippen LogP contribution in [-0.4, -0.2) is 49.2 Å². The van der Waals surface area contributed by atoms with Gasteiger partial charge in [-0.2, -0.15) is 0 Å². The fraction of sp³-hybridized carbons (Fsp3) is 0.778. The fourth-order valence-electron chi connectivity index (χ4n) is 1.16. The third-order valence-electron chi connectivity index (χ3n) is 1.82. The Morgan fingerprint density at radius 1 is 1.29 bits per heavy atom. The Morgan fingerprint density at radius 3 is 2.36 bits per heavy atom. The van der Waals surface area contributed by atoms with Crippen molar-refractivity contribution < 1.29 is 19.1 Å². The second-order valence-corrected chi connectivity index (χ2v) is 3.36. The average Bonchev–Trinajstić information content (AvgIpc) is 2.17. The highest BCUT2D eigenvalue weighted by Gasteiger charge is 2.25. The van der Waals surface area contributed by atoms with Gasteiger partial charge < -0.3 is 14.4 Å². The number of ether oxygens (including phenoxy) is 2. The molecule has 0 atom stereocenters. The molecule has 5 nitrogen and oxygen atoms in total. The number of esters is 1. The predicted molar refractivity (Wildman–Crippen MR) is 48.6 cm³/mol. The molecule has 1 aliphatic heterocycles. The normalized spacial score (nSPS) is 16.9. The first-order valence-corrected chi connectivity index (χ1v) is 4.69. The summed E-state index contributed by atoms with van der Waals surface area (Å²) in [5, 5.41) is 0. The maximum Gasteiger partial charge on any atom is 0.397 e. The van der Waals surface area contributed by atoms with Crippen molar-refractivity contribution in [3.63, 3.8) is 0 Å². The smallest absolute Gasteiger partial charge is 0.397 e. The second kappa shape index (κ2) is 4.95. The summed E-state index contributed by atoms with van der Waals surface area (Å²) in [7, 11) is 0. The molecule has 0 aromatic carbocycles. The number of amides is 1. The molecule has 0 aromatic rings. The predicted octanol–water partition coefficient (Wildman–Crippen LogP) is -0.203. The third kappa shape index (κ3) is 2.99. The molecule has 1 fully saturated rings. The molecule has 1 aliphatic rings. The van der Waals surface area contributed by atoms with Crippen molar-refractivity contribution >= 4 is 11.9 Å². The van der Waals surface area contributed by atoms with Gasteiger partial charge in [0, 0.05) is 13.1 Å². The molecule has 1 rings (SSSR count). The Kier molecular flexibility index (Phi) is 3.88. The number of nitrogens with zero attached hydrogens (tertiary/aromatic N) is 1. The lowest BCUT2D eigenvalue weighted by Gasteiger charge is -2.25. The van der Waals surface area contributed by atoms with Crippen LogP contribution >= 0.6 is 0 Å². The summed E-state index contributed by atoms with van der Waals surface area (Å²) in [6, 6.07) is 0. The summed E-state index contributed by atoms with van der Waals surface area (Å²) in [5.41, 5.74) is 0. The number of rotatable bonds is 1. The van der Waals surface area contributed by atoms with Crippen LogP contribution in [0, 0.1) is 0 Å². The Morgan fingerprint density at radius 2 is 1.86 bits per heavy atom. The molecule has 0 unspecified atom stereocenters. The third-order valence-corrected chi connectivity index (χ3v) is 1.82. The van der Waals surface area contributed by atoms with Crippen molar-refractivity contribution in [2.24, 2.45) is 0 Å². The topological polar surface area (TPSA) is 55.8 Å². The van der Waals surface area contributed by atoms with E-state index in [1.807, 2.05) is 0 Å². The van der Waals surface area contributed by atoms with Crippen LogP contribution in [-0.2, 0) is 19.1 Å². The molecule has 1 saturated heterocycles. The number of carbonyl (C=O) groups is 2. The van der Waals surface area contributed by atoms with E-state index in [2.05, 4.69) is 0 Å². The van der Waals surface area contributed by atoms with E-state index in [0.29, 0.717) is 26.3 Å². The first-order valence-electron chi connectivity index (χ1n) is 4.69. The zero-order valence-electron chi connectivity index (χ0n) is 8.49. The van der Waals surface area contributed by atoms with E-state index in [1.54, 1.807) is 13.8 Å². The monoisotopic (exact) mass is 201 g/mol. The number of hydrogen-bond acceptors (Lipinski definition) is 4. The molecule has 0 bridgehead atoms. The molecule has 0 radical (unpaired) electrons. The minimum absolute atomic E-state index is 0.257. The molecule has 1 heterocycles. The molecule has 0 N–H and O–H groups in total. The van der Waals surface area contributed by atoms with Crippen LogP contribution in [0.25, 0.3) is 0 Å². The van der Waals surface area contributed by atoms with Gasteiger partial charge >= 0.3 is 11.9 Å². The Bertz CT molecular complexity index is 221. The van der Waals surface area contributed by atoms with Crippen LogP contribution in [0.1, 0.15) is 13.8 Å². The van der Waals surface area contributed by atoms with Crippen molar-refractivity contribution in [2.45, 2.75) is 20.0 Å². The Hall–Kier alpha value is -1.10. The Balaban J connectivity index is 2.42. The van der Waals surface area contributed by atoms with Gasteiger partial charge in [0.15, 0.2) is 0 Å². The zero-order chi connectivity index (χ0) is 10.6. The highest BCUT2D eigenvalue weighted by Crippen LogP contribution is 2.00. The van der Waals surface area contributed by atoms with Gasteiger partial charge in [-0.05, 0) is 13.8 Å². The molecule has 80 valence electrons. The molecule has 5 heteroatoms. The number of carbonyl (C=O) groups excluding carboxylic acids is 2. The first-order chi connectivity index (χ1) is 6.61. The molecule has 1 amide bonds. The van der Waals surface area contributed by atoms with Gasteiger partial charge in [0.1, 0.15) is 0 Å². The Labute approximate surface area is 83.0 Å². The standard InChI is InChI=1S/C9H15NO4/c1-7(2)14-9(12)8(11)10-3-5-13-6-4-10/h7H,3-6H2,1-2H3. The summed E-state index contributed by atoms with van der Waals surface area (Å²) in [4.78, 5) is 24.1. The van der Waals surface area contributed by atoms with Crippen LogP contribution in [0.5, 0.6) is 0 Å². The summed E-state index contributed by atoms with van der Waals surface area (Å²) < 4.78 is 9.86. The van der Waals surface area contributed by atoms with E-state index in [4.69, 9.17) is 9.47 Å². The number of hydrogen-bond donors (Lipinski definition) is 0. The molecule has 0 aromatic heterocycles. The largest absolute Gasteiger partial charge is 0.456 e. The van der Waals surface area contributed by atoms with Gasteiger partial charge in [0.05, 0.1) is 19.3 Å². The molecule has 0 saturated carbocycles. The van der Waals surface area contributed by atoms with E-state index in [9.17, 15) is 9.59 Å². The van der Waals surface area contributed by atoms with Gasteiger partial charge in [0.25, 0.3) is 0 Å². The fourth-order valence-corrected chi connectivity index (χ4v) is 1.16. The van der Waals surface area contributed by atoms with Crippen LogP contribution in [0.2, 0.25) is 0 Å². The zero-order valence-corrected chi connectivity index (χ0v) is 8.49. The molecule has 0 aliphatic carbocycles. The van der Waals surface area contributed by atoms with E-state index in [1.165, 1.54) is 4.90 Å². The average molecular weight is 201 g/mol. The van der Waals surface area contributed by atoms with Gasteiger partial charge in [-0.25, -0.2) is 4.79 Å². The van der Waals surface area contributed by atoms with Crippen molar-refractivity contribution in [2.75, 3.05) is 26.3 Å². The maximum absolute atomic E-state index is 11.4. The van der Waals surface area contributed by atoms with Crippen LogP contribution in [0.15, 0.2) is 0 Å². The van der Waals surface area contributed by atoms with Crippen LogP contribution < -0.4 is 0 Å². The number of morpholine rings is 1. The van der Waals surface area contributed by atoms with Gasteiger partial charge in [-0.1, -0.05) is 0 Å². The first kappa shape index (κ1) is 11.0. The molecular weight excluding hydrogens is 186 g/mol. The SMILES string of the molecule is CC(C)OC(=O)C(=O)N1CCOCC1. The summed E-state index contributed by atoms with van der Waals surface area (Å²) in [6.45, 7) is 5.33. The van der Waals surface area contributed by atoms with Crippen molar-refractivity contribution in [1.82, 2.24) is 4.90 Å².